The lowest BCUT2D eigenvalue weighted by Gasteiger charge is -2.50. The topological polar surface area (TPSA) is 54.8 Å². The SMILES string of the molecule is CC(C)Oc1ccc(C(=O)N2CCC3(CC2)c2ccc(C(=O)C(C)(C)C)n2CCN3C)c(F)c1. The molecule has 3 heterocycles. The monoisotopic (exact) mass is 469 g/mol. The number of fused-ring (bicyclic) bond motifs is 2. The van der Waals surface area contributed by atoms with Crippen LogP contribution in [0.5, 0.6) is 5.75 Å². The number of aromatic nitrogens is 1. The molecule has 1 fully saturated rings. The van der Waals surface area contributed by atoms with Gasteiger partial charge in [0.05, 0.1) is 22.9 Å². The second kappa shape index (κ2) is 8.84. The van der Waals surface area contributed by atoms with Gasteiger partial charge in [-0.25, -0.2) is 4.39 Å². The number of piperidine rings is 1. The quantitative estimate of drug-likeness (QED) is 0.608. The molecule has 1 amide bonds. The summed E-state index contributed by atoms with van der Waals surface area (Å²) in [7, 11) is 2.12. The molecule has 1 aromatic heterocycles. The number of carbonyl (C=O) groups is 2. The Balaban J connectivity index is 1.54. The van der Waals surface area contributed by atoms with E-state index in [1.54, 1.807) is 11.0 Å². The van der Waals surface area contributed by atoms with Gasteiger partial charge in [0.25, 0.3) is 5.91 Å². The molecule has 2 aliphatic heterocycles. The second-order valence-electron chi connectivity index (χ2n) is 10.9. The minimum atomic E-state index is -0.558. The number of ketones is 1. The number of hydrogen-bond acceptors (Lipinski definition) is 4. The maximum atomic E-state index is 14.7. The van der Waals surface area contributed by atoms with Crippen molar-refractivity contribution in [2.45, 2.75) is 65.6 Å². The Kier molecular flexibility index (Phi) is 6.36. The molecule has 7 heteroatoms. The van der Waals surface area contributed by atoms with Gasteiger partial charge in [0.2, 0.25) is 0 Å². The van der Waals surface area contributed by atoms with Crippen LogP contribution in [0.15, 0.2) is 30.3 Å². The number of amides is 1. The molecule has 0 unspecified atom stereocenters. The van der Waals surface area contributed by atoms with E-state index in [0.717, 1.165) is 37.3 Å². The summed E-state index contributed by atoms with van der Waals surface area (Å²) in [6.45, 7) is 12.3. The molecule has 1 aromatic carbocycles. The Morgan fingerprint density at radius 3 is 2.29 bits per heavy atom. The smallest absolute Gasteiger partial charge is 0.256 e. The highest BCUT2D eigenvalue weighted by molar-refractivity contribution is 5.98. The first kappa shape index (κ1) is 24.5. The summed E-state index contributed by atoms with van der Waals surface area (Å²) in [5, 5.41) is 0. The van der Waals surface area contributed by atoms with Gasteiger partial charge in [-0.1, -0.05) is 20.8 Å². The van der Waals surface area contributed by atoms with Gasteiger partial charge in [0.15, 0.2) is 5.78 Å². The molecule has 34 heavy (non-hydrogen) atoms. The van der Waals surface area contributed by atoms with E-state index >= 15 is 0 Å². The van der Waals surface area contributed by atoms with Crippen molar-refractivity contribution in [1.29, 1.82) is 0 Å². The highest BCUT2D eigenvalue weighted by Crippen LogP contribution is 2.42. The highest BCUT2D eigenvalue weighted by atomic mass is 19.1. The third-order valence-electron chi connectivity index (χ3n) is 7.18. The van der Waals surface area contributed by atoms with E-state index in [2.05, 4.69) is 22.6 Å². The first-order chi connectivity index (χ1) is 15.9. The minimum absolute atomic E-state index is 0.0649. The fourth-order valence-electron chi connectivity index (χ4n) is 5.26. The molecule has 0 bridgehead atoms. The summed E-state index contributed by atoms with van der Waals surface area (Å²) in [4.78, 5) is 30.3. The number of nitrogens with zero attached hydrogens (tertiary/aromatic N) is 3. The van der Waals surface area contributed by atoms with Crippen molar-refractivity contribution < 1.29 is 18.7 Å². The molecule has 184 valence electrons. The van der Waals surface area contributed by atoms with Crippen molar-refractivity contribution in [1.82, 2.24) is 14.4 Å². The first-order valence-electron chi connectivity index (χ1n) is 12.2. The molecule has 2 aliphatic rings. The largest absolute Gasteiger partial charge is 0.491 e. The molecule has 0 aliphatic carbocycles. The molecule has 0 saturated carbocycles. The lowest BCUT2D eigenvalue weighted by Crippen LogP contribution is -2.56. The van der Waals surface area contributed by atoms with Crippen LogP contribution in [0.2, 0.25) is 0 Å². The zero-order chi connectivity index (χ0) is 24.8. The van der Waals surface area contributed by atoms with Crippen molar-refractivity contribution in [2.75, 3.05) is 26.7 Å². The molecule has 2 aromatic rings. The molecule has 0 atom stereocenters. The lowest BCUT2D eigenvalue weighted by atomic mass is 9.81. The van der Waals surface area contributed by atoms with Crippen molar-refractivity contribution in [2.24, 2.45) is 5.41 Å². The van der Waals surface area contributed by atoms with Crippen LogP contribution in [0.4, 0.5) is 4.39 Å². The molecule has 1 spiro atoms. The van der Waals surface area contributed by atoms with Gasteiger partial charge >= 0.3 is 0 Å². The molecular formula is C27H36FN3O3. The van der Waals surface area contributed by atoms with E-state index in [1.165, 1.54) is 12.1 Å². The van der Waals surface area contributed by atoms with Gasteiger partial charge in [-0.3, -0.25) is 14.5 Å². The van der Waals surface area contributed by atoms with Crippen LogP contribution in [0.25, 0.3) is 0 Å². The second-order valence-corrected chi connectivity index (χ2v) is 10.9. The van der Waals surface area contributed by atoms with Crippen LogP contribution in [0.1, 0.15) is 74.0 Å². The van der Waals surface area contributed by atoms with E-state index < -0.39 is 11.2 Å². The van der Waals surface area contributed by atoms with Gasteiger partial charge < -0.3 is 14.2 Å². The summed E-state index contributed by atoms with van der Waals surface area (Å²) in [6, 6.07) is 8.49. The Morgan fingerprint density at radius 2 is 1.71 bits per heavy atom. The molecule has 0 N–H and O–H groups in total. The third kappa shape index (κ3) is 4.26. The summed E-state index contributed by atoms with van der Waals surface area (Å²) in [6.07, 6.45) is 1.40. The maximum absolute atomic E-state index is 14.7. The van der Waals surface area contributed by atoms with E-state index in [1.807, 2.05) is 40.7 Å². The average Bonchev–Trinajstić information content (AvgIpc) is 3.20. The number of Topliss-reactive ketones (excluding diaryl/α,β-unsaturated/α-hetero) is 1. The van der Waals surface area contributed by atoms with Gasteiger partial charge in [-0.15, -0.1) is 0 Å². The number of carbonyl (C=O) groups excluding carboxylic acids is 2. The summed E-state index contributed by atoms with van der Waals surface area (Å²) >= 11 is 0. The van der Waals surface area contributed by atoms with E-state index in [-0.39, 0.29) is 28.9 Å². The van der Waals surface area contributed by atoms with Crippen LogP contribution in [0, 0.1) is 11.2 Å². The molecule has 6 nitrogen and oxygen atoms in total. The van der Waals surface area contributed by atoms with Crippen LogP contribution >= 0.6 is 0 Å². The Hall–Kier alpha value is -2.67. The number of benzene rings is 1. The lowest BCUT2D eigenvalue weighted by molar-refractivity contribution is 0.0125. The third-order valence-corrected chi connectivity index (χ3v) is 7.18. The number of halogens is 1. The highest BCUT2D eigenvalue weighted by Gasteiger charge is 2.46. The Morgan fingerprint density at radius 1 is 1.03 bits per heavy atom. The molecule has 0 radical (unpaired) electrons. The van der Waals surface area contributed by atoms with Crippen LogP contribution in [-0.2, 0) is 12.1 Å². The van der Waals surface area contributed by atoms with Crippen molar-refractivity contribution in [3.63, 3.8) is 0 Å². The van der Waals surface area contributed by atoms with E-state index in [4.69, 9.17) is 4.74 Å². The van der Waals surface area contributed by atoms with Crippen LogP contribution < -0.4 is 4.74 Å². The van der Waals surface area contributed by atoms with Crippen LogP contribution in [0.3, 0.4) is 0 Å². The predicted molar refractivity (Wildman–Crippen MR) is 130 cm³/mol. The number of likely N-dealkylation sites (N-methyl/N-ethyl adjacent to an activating group) is 1. The normalized spacial score (nSPS) is 18.3. The number of ether oxygens (including phenoxy) is 1. The Bertz CT molecular complexity index is 1090. The number of hydrogen-bond donors (Lipinski definition) is 0. The van der Waals surface area contributed by atoms with Gasteiger partial charge in [0, 0.05) is 43.4 Å². The maximum Gasteiger partial charge on any atom is 0.256 e. The van der Waals surface area contributed by atoms with Crippen molar-refractivity contribution in [3.8, 4) is 5.75 Å². The average molecular weight is 470 g/mol. The summed E-state index contributed by atoms with van der Waals surface area (Å²) < 4.78 is 22.4. The minimum Gasteiger partial charge on any atom is -0.491 e. The fourth-order valence-corrected chi connectivity index (χ4v) is 5.26. The van der Waals surface area contributed by atoms with Gasteiger partial charge in [-0.05, 0) is 58.0 Å². The standard InChI is InChI=1S/C27H36FN3O3/c1-18(2)34-19-7-8-20(21(28)17-19)25(33)30-13-11-27(12-14-30)23-10-9-22(24(32)26(3,4)5)31(23)16-15-29(27)6/h7-10,17-18H,11-16H2,1-6H3. The molecule has 1 saturated heterocycles. The van der Waals surface area contributed by atoms with E-state index in [0.29, 0.717) is 18.8 Å². The molecular weight excluding hydrogens is 433 g/mol. The van der Waals surface area contributed by atoms with Crippen LogP contribution in [-0.4, -0.2) is 58.8 Å². The summed E-state index contributed by atoms with van der Waals surface area (Å²) in [5.41, 5.74) is 1.30. The number of likely N-dealkylation sites (tertiary alicyclic amines) is 1. The zero-order valence-corrected chi connectivity index (χ0v) is 21.2. The van der Waals surface area contributed by atoms with Crippen molar-refractivity contribution in [3.05, 3.63) is 53.1 Å². The zero-order valence-electron chi connectivity index (χ0n) is 21.2. The molecule has 4 rings (SSSR count). The summed E-state index contributed by atoms with van der Waals surface area (Å²) in [5.74, 6) is -0.281. The first-order valence-corrected chi connectivity index (χ1v) is 12.2. The Labute approximate surface area is 201 Å². The van der Waals surface area contributed by atoms with E-state index in [9.17, 15) is 14.0 Å². The predicted octanol–water partition coefficient (Wildman–Crippen LogP) is 4.72. The van der Waals surface area contributed by atoms with Crippen molar-refractivity contribution >= 4 is 11.7 Å². The fraction of sp³-hybridized carbons (Fsp3) is 0.556. The van der Waals surface area contributed by atoms with Gasteiger partial charge in [-0.2, -0.15) is 0 Å². The van der Waals surface area contributed by atoms with Gasteiger partial charge in [0.1, 0.15) is 11.6 Å². The number of rotatable bonds is 4.